The molecule has 0 aliphatic carbocycles. The van der Waals surface area contributed by atoms with Gasteiger partial charge in [-0.25, -0.2) is 0 Å². The van der Waals surface area contributed by atoms with E-state index in [9.17, 15) is 0 Å². The fourth-order valence-electron chi connectivity index (χ4n) is 1.93. The molecule has 2 aliphatic rings. The van der Waals surface area contributed by atoms with E-state index < -0.39 is 0 Å². The van der Waals surface area contributed by atoms with Crippen LogP contribution in [-0.2, 0) is 6.42 Å². The number of aryl methyl sites for hydroxylation is 1. The third kappa shape index (κ3) is 1.52. The minimum atomic E-state index is 0.900. The second-order valence-corrected chi connectivity index (χ2v) is 4.17. The Morgan fingerprint density at radius 2 is 2.33 bits per heavy atom. The van der Waals surface area contributed by atoms with Crippen LogP contribution in [0.4, 0.5) is 5.69 Å². The molecule has 15 heavy (non-hydrogen) atoms. The molecule has 1 aromatic rings. The van der Waals surface area contributed by atoms with Gasteiger partial charge in [0.15, 0.2) is 0 Å². The van der Waals surface area contributed by atoms with Crippen molar-refractivity contribution in [3.8, 4) is 0 Å². The van der Waals surface area contributed by atoms with Crippen molar-refractivity contribution in [1.29, 1.82) is 0 Å². The molecule has 0 radical (unpaired) electrons. The summed E-state index contributed by atoms with van der Waals surface area (Å²) in [6.07, 6.45) is 2.34. The van der Waals surface area contributed by atoms with Gasteiger partial charge in [-0.15, -0.1) is 5.10 Å². The van der Waals surface area contributed by atoms with E-state index in [1.807, 2.05) is 11.5 Å². The van der Waals surface area contributed by atoms with E-state index in [0.29, 0.717) is 0 Å². The maximum atomic E-state index is 4.06. The molecule has 2 heterocycles. The number of hydrogen-bond donors (Lipinski definition) is 1. The average molecular weight is 218 g/mol. The van der Waals surface area contributed by atoms with Crippen LogP contribution in [0.3, 0.4) is 0 Å². The summed E-state index contributed by atoms with van der Waals surface area (Å²) in [5.74, 6) is 0. The monoisotopic (exact) mass is 218 g/mol. The quantitative estimate of drug-likeness (QED) is 0.670. The number of nitrogens with zero attached hydrogens (tertiary/aromatic N) is 3. The predicted molar refractivity (Wildman–Crippen MR) is 60.9 cm³/mol. The summed E-state index contributed by atoms with van der Waals surface area (Å²) in [5, 5.41) is 15.2. The van der Waals surface area contributed by atoms with Gasteiger partial charge in [-0.1, -0.05) is 10.6 Å². The molecule has 0 saturated heterocycles. The Balaban J connectivity index is 2.32. The number of fused-ring (bicyclic) bond motifs is 3. The molecule has 2 aliphatic heterocycles. The summed E-state index contributed by atoms with van der Waals surface area (Å²) < 4.78 is 3.83. The molecule has 1 aromatic carbocycles. The number of benzene rings is 1. The fraction of sp³-hybridized carbons (Fsp3) is 0.300. The van der Waals surface area contributed by atoms with Gasteiger partial charge in [0.1, 0.15) is 0 Å². The average Bonchev–Trinajstić information content (AvgIpc) is 2.54. The SMILES string of the molecule is C1=c2c3c(ccc2=NN=NS1)CCCN3. The zero-order valence-electron chi connectivity index (χ0n) is 8.10. The Bertz CT molecular complexity index is 535. The zero-order valence-corrected chi connectivity index (χ0v) is 8.92. The highest BCUT2D eigenvalue weighted by atomic mass is 32.2. The molecule has 0 fully saturated rings. The molecule has 0 aromatic heterocycles. The summed E-state index contributed by atoms with van der Waals surface area (Å²) in [6, 6.07) is 4.14. The maximum absolute atomic E-state index is 4.06. The topological polar surface area (TPSA) is 49.1 Å². The summed E-state index contributed by atoms with van der Waals surface area (Å²) in [5.41, 5.74) is 2.58. The van der Waals surface area contributed by atoms with Gasteiger partial charge in [-0.3, -0.25) is 0 Å². The summed E-state index contributed by atoms with van der Waals surface area (Å²) in [6.45, 7) is 1.04. The first kappa shape index (κ1) is 8.91. The predicted octanol–water partition coefficient (Wildman–Crippen LogP) is 1.43. The van der Waals surface area contributed by atoms with Crippen molar-refractivity contribution in [3.05, 3.63) is 28.3 Å². The normalized spacial score (nSPS) is 17.6. The van der Waals surface area contributed by atoms with Crippen LogP contribution < -0.4 is 15.9 Å². The second kappa shape index (κ2) is 3.66. The van der Waals surface area contributed by atoms with Crippen molar-refractivity contribution >= 4 is 23.0 Å². The zero-order chi connectivity index (χ0) is 10.1. The van der Waals surface area contributed by atoms with Crippen LogP contribution in [0.15, 0.2) is 27.0 Å². The Morgan fingerprint density at radius 3 is 3.33 bits per heavy atom. The van der Waals surface area contributed by atoms with E-state index in [-0.39, 0.29) is 0 Å². The van der Waals surface area contributed by atoms with Crippen molar-refractivity contribution in [2.45, 2.75) is 12.8 Å². The lowest BCUT2D eigenvalue weighted by Crippen LogP contribution is -2.31. The van der Waals surface area contributed by atoms with Crippen LogP contribution in [0.1, 0.15) is 12.0 Å². The Hall–Kier alpha value is -1.36. The molecular weight excluding hydrogens is 208 g/mol. The molecule has 4 nitrogen and oxygen atoms in total. The van der Waals surface area contributed by atoms with Gasteiger partial charge in [-0.2, -0.15) is 0 Å². The van der Waals surface area contributed by atoms with Gasteiger partial charge < -0.3 is 5.32 Å². The maximum Gasteiger partial charge on any atom is 0.0974 e. The first-order valence-electron chi connectivity index (χ1n) is 4.95. The van der Waals surface area contributed by atoms with Crippen LogP contribution in [0.2, 0.25) is 0 Å². The van der Waals surface area contributed by atoms with E-state index in [4.69, 9.17) is 0 Å². The van der Waals surface area contributed by atoms with E-state index in [2.05, 4.69) is 26.2 Å². The van der Waals surface area contributed by atoms with E-state index in [1.54, 1.807) is 0 Å². The van der Waals surface area contributed by atoms with E-state index in [0.717, 1.165) is 23.5 Å². The fourth-order valence-corrected chi connectivity index (χ4v) is 2.40. The number of rotatable bonds is 0. The minimum absolute atomic E-state index is 0.900. The van der Waals surface area contributed by atoms with Crippen LogP contribution in [0.25, 0.3) is 5.41 Å². The first-order valence-corrected chi connectivity index (χ1v) is 5.78. The molecule has 3 rings (SSSR count). The molecule has 0 amide bonds. The van der Waals surface area contributed by atoms with Crippen LogP contribution >= 0.6 is 11.9 Å². The molecule has 0 bridgehead atoms. The van der Waals surface area contributed by atoms with Gasteiger partial charge in [0.05, 0.1) is 5.36 Å². The third-order valence-electron chi connectivity index (χ3n) is 2.64. The van der Waals surface area contributed by atoms with Gasteiger partial charge in [0.25, 0.3) is 0 Å². The Labute approximate surface area is 91.3 Å². The number of hydrogen-bond acceptors (Lipinski definition) is 5. The molecule has 0 atom stereocenters. The van der Waals surface area contributed by atoms with Gasteiger partial charge >= 0.3 is 0 Å². The summed E-state index contributed by atoms with van der Waals surface area (Å²) >= 11 is 1.33. The van der Waals surface area contributed by atoms with Crippen LogP contribution in [0, 0.1) is 0 Å². The van der Waals surface area contributed by atoms with Gasteiger partial charge in [0, 0.05) is 34.8 Å². The smallest absolute Gasteiger partial charge is 0.0974 e. The molecule has 76 valence electrons. The van der Waals surface area contributed by atoms with Crippen molar-refractivity contribution in [2.75, 3.05) is 11.9 Å². The highest BCUT2D eigenvalue weighted by Crippen LogP contribution is 2.17. The highest BCUT2D eigenvalue weighted by molar-refractivity contribution is 8.05. The van der Waals surface area contributed by atoms with Crippen molar-refractivity contribution in [1.82, 2.24) is 0 Å². The Kier molecular flexibility index (Phi) is 2.17. The molecule has 0 saturated carbocycles. The first-order chi connectivity index (χ1) is 7.45. The van der Waals surface area contributed by atoms with Crippen LogP contribution in [0.5, 0.6) is 0 Å². The molecule has 0 spiro atoms. The lowest BCUT2D eigenvalue weighted by molar-refractivity contribution is 0.826. The Morgan fingerprint density at radius 1 is 1.33 bits per heavy atom. The standard InChI is InChI=1S/C10H10N4S/c1-2-7-3-4-9-8(10(7)11-5-1)6-15-14-13-12-9/h3-4,6,11H,1-2,5H2. The lowest BCUT2D eigenvalue weighted by Gasteiger charge is -2.17. The largest absolute Gasteiger partial charge is 0.384 e. The molecular formula is C10H10N4S. The van der Waals surface area contributed by atoms with Crippen molar-refractivity contribution in [3.63, 3.8) is 0 Å². The summed E-state index contributed by atoms with van der Waals surface area (Å²) in [4.78, 5) is 0. The molecule has 0 unspecified atom stereocenters. The minimum Gasteiger partial charge on any atom is -0.384 e. The van der Waals surface area contributed by atoms with Gasteiger partial charge in [-0.05, 0) is 29.7 Å². The molecule has 1 N–H and O–H groups in total. The molecule has 5 heteroatoms. The lowest BCUT2D eigenvalue weighted by atomic mass is 10.0. The summed E-state index contributed by atoms with van der Waals surface area (Å²) in [7, 11) is 0. The second-order valence-electron chi connectivity index (χ2n) is 3.56. The van der Waals surface area contributed by atoms with E-state index >= 15 is 0 Å². The third-order valence-corrected chi connectivity index (χ3v) is 3.15. The number of anilines is 1. The van der Waals surface area contributed by atoms with Crippen molar-refractivity contribution < 1.29 is 0 Å². The van der Waals surface area contributed by atoms with E-state index in [1.165, 1.54) is 29.6 Å². The highest BCUT2D eigenvalue weighted by Gasteiger charge is 2.10. The van der Waals surface area contributed by atoms with Crippen molar-refractivity contribution in [2.24, 2.45) is 14.8 Å². The number of nitrogens with one attached hydrogen (secondary N) is 1. The van der Waals surface area contributed by atoms with Crippen LogP contribution in [-0.4, -0.2) is 6.54 Å². The van der Waals surface area contributed by atoms with Gasteiger partial charge in [0.2, 0.25) is 0 Å².